The third-order valence-electron chi connectivity index (χ3n) is 3.77. The van der Waals surface area contributed by atoms with Crippen molar-refractivity contribution in [3.05, 3.63) is 42.2 Å². The normalized spacial score (nSPS) is 18.4. The summed E-state index contributed by atoms with van der Waals surface area (Å²) in [7, 11) is 0. The number of hydrogen-bond acceptors (Lipinski definition) is 4. The van der Waals surface area contributed by atoms with Gasteiger partial charge in [0, 0.05) is 11.6 Å². The van der Waals surface area contributed by atoms with Crippen LogP contribution in [0, 0.1) is 6.92 Å². The van der Waals surface area contributed by atoms with E-state index in [1.165, 1.54) is 24.8 Å². The van der Waals surface area contributed by atoms with Crippen molar-refractivity contribution in [3.63, 3.8) is 0 Å². The Morgan fingerprint density at radius 2 is 2.10 bits per heavy atom. The molecule has 1 fully saturated rings. The Labute approximate surface area is 125 Å². The predicted octanol–water partition coefficient (Wildman–Crippen LogP) is 2.97. The first-order valence-corrected chi connectivity index (χ1v) is 7.56. The van der Waals surface area contributed by atoms with Gasteiger partial charge in [-0.05, 0) is 32.4 Å². The van der Waals surface area contributed by atoms with Crippen molar-refractivity contribution < 1.29 is 4.74 Å². The summed E-state index contributed by atoms with van der Waals surface area (Å²) in [5.41, 5.74) is 2.25. The number of piperidine rings is 1. The zero-order valence-corrected chi connectivity index (χ0v) is 12.4. The van der Waals surface area contributed by atoms with Crippen LogP contribution < -0.4 is 10.1 Å². The molecule has 2 heterocycles. The van der Waals surface area contributed by atoms with Gasteiger partial charge in [0.2, 0.25) is 0 Å². The molecule has 0 saturated carbocycles. The average molecular weight is 283 g/mol. The highest BCUT2D eigenvalue weighted by molar-refractivity contribution is 5.55. The molecule has 1 aliphatic heterocycles. The van der Waals surface area contributed by atoms with Crippen LogP contribution in [0.25, 0.3) is 11.4 Å². The van der Waals surface area contributed by atoms with Gasteiger partial charge in [0.05, 0.1) is 12.4 Å². The molecular weight excluding hydrogens is 262 g/mol. The second-order valence-corrected chi connectivity index (χ2v) is 5.57. The van der Waals surface area contributed by atoms with E-state index >= 15 is 0 Å². The summed E-state index contributed by atoms with van der Waals surface area (Å²) in [6.45, 7) is 3.85. The lowest BCUT2D eigenvalue weighted by atomic mass is 10.1. The molecule has 0 aliphatic carbocycles. The molecule has 4 heteroatoms. The Hall–Kier alpha value is -1.94. The molecule has 1 N–H and O–H groups in total. The third-order valence-corrected chi connectivity index (χ3v) is 3.77. The standard InChI is InChI=1S/C17H21N3O/c1-13-5-4-6-14(9-13)17-19-10-16(11-20-17)21-12-15-7-2-3-8-18-15/h4-6,9-11,15,18H,2-3,7-8,12H2,1H3. The molecule has 0 bridgehead atoms. The highest BCUT2D eigenvalue weighted by Gasteiger charge is 2.13. The number of nitrogens with one attached hydrogen (secondary N) is 1. The largest absolute Gasteiger partial charge is 0.489 e. The fourth-order valence-corrected chi connectivity index (χ4v) is 2.59. The molecule has 1 atom stereocenters. The third kappa shape index (κ3) is 3.79. The van der Waals surface area contributed by atoms with Crippen LogP contribution in [-0.4, -0.2) is 29.2 Å². The molecule has 2 aromatic rings. The van der Waals surface area contributed by atoms with Crippen LogP contribution in [0.1, 0.15) is 24.8 Å². The van der Waals surface area contributed by atoms with Gasteiger partial charge in [-0.25, -0.2) is 9.97 Å². The molecule has 110 valence electrons. The van der Waals surface area contributed by atoms with Gasteiger partial charge in [-0.1, -0.05) is 30.2 Å². The van der Waals surface area contributed by atoms with Gasteiger partial charge < -0.3 is 10.1 Å². The van der Waals surface area contributed by atoms with Crippen molar-refractivity contribution >= 4 is 0 Å². The first kappa shape index (κ1) is 14.0. The summed E-state index contributed by atoms with van der Waals surface area (Å²) in [5, 5.41) is 3.47. The van der Waals surface area contributed by atoms with E-state index in [2.05, 4.69) is 34.3 Å². The fraction of sp³-hybridized carbons (Fsp3) is 0.412. The lowest BCUT2D eigenvalue weighted by Crippen LogP contribution is -2.38. The molecule has 0 radical (unpaired) electrons. The Morgan fingerprint density at radius 1 is 1.24 bits per heavy atom. The van der Waals surface area contributed by atoms with Crippen molar-refractivity contribution in [2.24, 2.45) is 0 Å². The molecule has 1 saturated heterocycles. The summed E-state index contributed by atoms with van der Waals surface area (Å²) in [4.78, 5) is 8.79. The summed E-state index contributed by atoms with van der Waals surface area (Å²) in [5.74, 6) is 1.47. The van der Waals surface area contributed by atoms with Crippen molar-refractivity contribution in [3.8, 4) is 17.1 Å². The van der Waals surface area contributed by atoms with Crippen LogP contribution in [0.3, 0.4) is 0 Å². The van der Waals surface area contributed by atoms with E-state index in [0.29, 0.717) is 12.6 Å². The van der Waals surface area contributed by atoms with Crippen LogP contribution >= 0.6 is 0 Å². The minimum absolute atomic E-state index is 0.454. The molecular formula is C17H21N3O. The molecule has 1 aliphatic rings. The average Bonchev–Trinajstić information content (AvgIpc) is 2.54. The first-order chi connectivity index (χ1) is 10.3. The van der Waals surface area contributed by atoms with Gasteiger partial charge in [-0.3, -0.25) is 0 Å². The van der Waals surface area contributed by atoms with Crippen LogP contribution in [0.4, 0.5) is 0 Å². The number of hydrogen-bond donors (Lipinski definition) is 1. The van der Waals surface area contributed by atoms with Crippen LogP contribution in [0.5, 0.6) is 5.75 Å². The zero-order chi connectivity index (χ0) is 14.5. The second-order valence-electron chi connectivity index (χ2n) is 5.57. The van der Waals surface area contributed by atoms with Gasteiger partial charge >= 0.3 is 0 Å². The van der Waals surface area contributed by atoms with E-state index in [1.54, 1.807) is 12.4 Å². The van der Waals surface area contributed by atoms with E-state index in [-0.39, 0.29) is 0 Å². The predicted molar refractivity (Wildman–Crippen MR) is 83.3 cm³/mol. The van der Waals surface area contributed by atoms with Crippen LogP contribution in [-0.2, 0) is 0 Å². The van der Waals surface area contributed by atoms with Crippen molar-refractivity contribution in [1.29, 1.82) is 0 Å². The minimum atomic E-state index is 0.454. The SMILES string of the molecule is Cc1cccc(-c2ncc(OCC3CCCCN3)cn2)c1. The molecule has 0 spiro atoms. The van der Waals surface area contributed by atoms with Crippen LogP contribution in [0.2, 0.25) is 0 Å². The monoisotopic (exact) mass is 283 g/mol. The van der Waals surface area contributed by atoms with Gasteiger partial charge in [0.25, 0.3) is 0 Å². The van der Waals surface area contributed by atoms with Gasteiger partial charge in [0.15, 0.2) is 11.6 Å². The second kappa shape index (κ2) is 6.68. The van der Waals surface area contributed by atoms with Crippen molar-refractivity contribution in [1.82, 2.24) is 15.3 Å². The van der Waals surface area contributed by atoms with Gasteiger partial charge in [-0.2, -0.15) is 0 Å². The summed E-state index contributed by atoms with van der Waals surface area (Å²) < 4.78 is 5.77. The summed E-state index contributed by atoms with van der Waals surface area (Å²) in [6, 6.07) is 8.65. The topological polar surface area (TPSA) is 47.0 Å². The number of aromatic nitrogens is 2. The van der Waals surface area contributed by atoms with Crippen LogP contribution in [0.15, 0.2) is 36.7 Å². The maximum absolute atomic E-state index is 5.77. The summed E-state index contributed by atoms with van der Waals surface area (Å²) >= 11 is 0. The highest BCUT2D eigenvalue weighted by atomic mass is 16.5. The van der Waals surface area contributed by atoms with E-state index in [9.17, 15) is 0 Å². The Bertz CT molecular complexity index is 577. The summed E-state index contributed by atoms with van der Waals surface area (Å²) in [6.07, 6.45) is 7.25. The van der Waals surface area contributed by atoms with E-state index in [1.807, 2.05) is 12.1 Å². The van der Waals surface area contributed by atoms with E-state index in [4.69, 9.17) is 4.74 Å². The lowest BCUT2D eigenvalue weighted by molar-refractivity contribution is 0.237. The maximum atomic E-state index is 5.77. The molecule has 1 aromatic carbocycles. The number of aryl methyl sites for hydroxylation is 1. The van der Waals surface area contributed by atoms with E-state index < -0.39 is 0 Å². The number of benzene rings is 1. The highest BCUT2D eigenvalue weighted by Crippen LogP contribution is 2.18. The molecule has 1 unspecified atom stereocenters. The Morgan fingerprint density at radius 3 is 2.81 bits per heavy atom. The molecule has 21 heavy (non-hydrogen) atoms. The zero-order valence-electron chi connectivity index (χ0n) is 12.4. The minimum Gasteiger partial charge on any atom is -0.489 e. The number of rotatable bonds is 4. The van der Waals surface area contributed by atoms with Gasteiger partial charge in [-0.15, -0.1) is 0 Å². The van der Waals surface area contributed by atoms with Crippen molar-refractivity contribution in [2.75, 3.05) is 13.2 Å². The van der Waals surface area contributed by atoms with E-state index in [0.717, 1.165) is 23.7 Å². The van der Waals surface area contributed by atoms with Gasteiger partial charge in [0.1, 0.15) is 6.61 Å². The maximum Gasteiger partial charge on any atom is 0.159 e. The molecule has 1 aromatic heterocycles. The molecule has 3 rings (SSSR count). The Balaban J connectivity index is 1.61. The Kier molecular flexibility index (Phi) is 4.46. The quantitative estimate of drug-likeness (QED) is 0.937. The van der Waals surface area contributed by atoms with Crippen molar-refractivity contribution in [2.45, 2.75) is 32.2 Å². The molecule has 4 nitrogen and oxygen atoms in total. The number of ether oxygens (including phenoxy) is 1. The smallest absolute Gasteiger partial charge is 0.159 e. The first-order valence-electron chi connectivity index (χ1n) is 7.56. The lowest BCUT2D eigenvalue weighted by Gasteiger charge is -2.23. The fourth-order valence-electron chi connectivity index (χ4n) is 2.59. The number of nitrogens with zero attached hydrogens (tertiary/aromatic N) is 2. The molecule has 0 amide bonds.